The second kappa shape index (κ2) is 4.72. The number of aromatic nitrogens is 1. The molecule has 0 fully saturated rings. The van der Waals surface area contributed by atoms with Crippen LogP contribution in [0.5, 0.6) is 0 Å². The fourth-order valence-electron chi connectivity index (χ4n) is 2.04. The van der Waals surface area contributed by atoms with Crippen molar-refractivity contribution in [1.82, 2.24) is 4.98 Å². The first-order chi connectivity index (χ1) is 9.45. The van der Waals surface area contributed by atoms with Crippen molar-refractivity contribution in [3.63, 3.8) is 0 Å². The number of hydrogen-bond acceptors (Lipinski definition) is 4. The lowest BCUT2D eigenvalue weighted by atomic mass is 9.98. The van der Waals surface area contributed by atoms with E-state index in [0.29, 0.717) is 11.5 Å². The van der Waals surface area contributed by atoms with Crippen molar-refractivity contribution in [3.05, 3.63) is 52.2 Å². The van der Waals surface area contributed by atoms with Crippen LogP contribution in [0.15, 0.2) is 40.1 Å². The fraction of sp³-hybridized carbons (Fsp3) is 0.312. The van der Waals surface area contributed by atoms with Crippen LogP contribution in [0, 0.1) is 0 Å². The van der Waals surface area contributed by atoms with Crippen LogP contribution < -0.4 is 0 Å². The second-order valence-corrected chi connectivity index (χ2v) is 6.77. The number of rotatable bonds is 2. The van der Waals surface area contributed by atoms with Gasteiger partial charge in [-0.1, -0.05) is 39.0 Å². The highest BCUT2D eigenvalue weighted by Gasteiger charge is 2.23. The van der Waals surface area contributed by atoms with E-state index in [4.69, 9.17) is 4.42 Å². The average molecular weight is 287 g/mol. The predicted octanol–water partition coefficient (Wildman–Crippen LogP) is 4.27. The summed E-state index contributed by atoms with van der Waals surface area (Å²) in [6, 6.07) is 9.61. The van der Waals surface area contributed by atoms with Gasteiger partial charge in [0.1, 0.15) is 11.3 Å². The molecule has 0 amide bonds. The average Bonchev–Trinajstić information content (AvgIpc) is 3.04. The third-order valence-electron chi connectivity index (χ3n) is 3.16. The van der Waals surface area contributed by atoms with Gasteiger partial charge in [0.15, 0.2) is 6.10 Å². The lowest BCUT2D eigenvalue weighted by molar-refractivity contribution is 0.188. The molecule has 20 heavy (non-hydrogen) atoms. The first-order valence-electron chi connectivity index (χ1n) is 6.57. The number of aliphatic hydroxyl groups is 1. The summed E-state index contributed by atoms with van der Waals surface area (Å²) in [6.07, 6.45) is -0.810. The van der Waals surface area contributed by atoms with Crippen molar-refractivity contribution in [2.24, 2.45) is 0 Å². The molecule has 0 spiro atoms. The molecular weight excluding hydrogens is 270 g/mol. The number of nitrogens with zero attached hydrogens (tertiary/aromatic N) is 1. The largest absolute Gasteiger partial charge is 0.458 e. The van der Waals surface area contributed by atoms with Gasteiger partial charge in [-0.05, 0) is 12.1 Å². The summed E-state index contributed by atoms with van der Waals surface area (Å²) in [4.78, 5) is 4.54. The number of benzene rings is 1. The first kappa shape index (κ1) is 13.3. The molecule has 1 aromatic carbocycles. The summed E-state index contributed by atoms with van der Waals surface area (Å²) < 4.78 is 5.69. The van der Waals surface area contributed by atoms with Crippen molar-refractivity contribution < 1.29 is 9.52 Å². The van der Waals surface area contributed by atoms with Crippen molar-refractivity contribution in [1.29, 1.82) is 0 Å². The lowest BCUT2D eigenvalue weighted by Gasteiger charge is -2.13. The monoisotopic (exact) mass is 287 g/mol. The maximum absolute atomic E-state index is 10.4. The van der Waals surface area contributed by atoms with Crippen molar-refractivity contribution in [2.75, 3.05) is 0 Å². The molecule has 4 heteroatoms. The van der Waals surface area contributed by atoms with Gasteiger partial charge in [-0.3, -0.25) is 0 Å². The Kier molecular flexibility index (Phi) is 3.15. The SMILES string of the molecule is CC(C)(C)c1nc(C(O)c2cc3ccccc3o2)cs1. The first-order valence-corrected chi connectivity index (χ1v) is 7.45. The normalized spacial score (nSPS) is 13.8. The Hall–Kier alpha value is -1.65. The van der Waals surface area contributed by atoms with Gasteiger partial charge in [-0.15, -0.1) is 11.3 Å². The lowest BCUT2D eigenvalue weighted by Crippen LogP contribution is -2.11. The molecule has 0 saturated carbocycles. The molecule has 0 aliphatic heterocycles. The van der Waals surface area contributed by atoms with E-state index in [1.54, 1.807) is 11.3 Å². The van der Waals surface area contributed by atoms with Gasteiger partial charge in [-0.2, -0.15) is 0 Å². The van der Waals surface area contributed by atoms with Crippen LogP contribution in [0.3, 0.4) is 0 Å². The zero-order valence-electron chi connectivity index (χ0n) is 11.8. The highest BCUT2D eigenvalue weighted by molar-refractivity contribution is 7.09. The summed E-state index contributed by atoms with van der Waals surface area (Å²) in [5, 5.41) is 14.3. The van der Waals surface area contributed by atoms with Gasteiger partial charge < -0.3 is 9.52 Å². The van der Waals surface area contributed by atoms with Crippen molar-refractivity contribution in [3.8, 4) is 0 Å². The standard InChI is InChI=1S/C16H17NO2S/c1-16(2,3)15-17-11(9-20-15)14(18)13-8-10-6-4-5-7-12(10)19-13/h4-9,14,18H,1-3H3. The zero-order valence-corrected chi connectivity index (χ0v) is 12.6. The van der Waals surface area contributed by atoms with E-state index in [1.807, 2.05) is 35.7 Å². The van der Waals surface area contributed by atoms with Crippen LogP contribution in [-0.4, -0.2) is 10.1 Å². The Balaban J connectivity index is 1.95. The molecule has 1 atom stereocenters. The van der Waals surface area contributed by atoms with Gasteiger partial charge >= 0.3 is 0 Å². The molecular formula is C16H17NO2S. The van der Waals surface area contributed by atoms with E-state index in [9.17, 15) is 5.11 Å². The fourth-order valence-corrected chi connectivity index (χ4v) is 2.96. The Labute approximate surface area is 121 Å². The smallest absolute Gasteiger partial charge is 0.154 e. The summed E-state index contributed by atoms with van der Waals surface area (Å²) in [5.74, 6) is 0.539. The third kappa shape index (κ3) is 2.37. The van der Waals surface area contributed by atoms with Gasteiger partial charge in [-0.25, -0.2) is 4.98 Å². The van der Waals surface area contributed by atoms with Gasteiger partial charge in [0.05, 0.1) is 10.7 Å². The van der Waals surface area contributed by atoms with Crippen LogP contribution in [0.4, 0.5) is 0 Å². The van der Waals surface area contributed by atoms with Crippen LogP contribution in [0.1, 0.15) is 43.3 Å². The van der Waals surface area contributed by atoms with Gasteiger partial charge in [0.25, 0.3) is 0 Å². The Bertz CT molecular complexity index is 703. The number of para-hydroxylation sites is 1. The maximum atomic E-state index is 10.4. The van der Waals surface area contributed by atoms with Crippen LogP contribution in [-0.2, 0) is 5.41 Å². The molecule has 3 rings (SSSR count). The summed E-state index contributed by atoms with van der Waals surface area (Å²) >= 11 is 1.57. The minimum Gasteiger partial charge on any atom is -0.458 e. The van der Waals surface area contributed by atoms with Gasteiger partial charge in [0, 0.05) is 16.2 Å². The number of hydrogen-bond donors (Lipinski definition) is 1. The molecule has 0 saturated heterocycles. The molecule has 0 radical (unpaired) electrons. The van der Waals surface area contributed by atoms with Crippen LogP contribution in [0.2, 0.25) is 0 Å². The molecule has 3 nitrogen and oxygen atoms in total. The van der Waals surface area contributed by atoms with E-state index in [-0.39, 0.29) is 5.41 Å². The van der Waals surface area contributed by atoms with E-state index < -0.39 is 6.10 Å². The number of furan rings is 1. The maximum Gasteiger partial charge on any atom is 0.154 e. The molecule has 0 aliphatic rings. The van der Waals surface area contributed by atoms with Crippen LogP contribution in [0.25, 0.3) is 11.0 Å². The summed E-state index contributed by atoms with van der Waals surface area (Å²) in [7, 11) is 0. The van der Waals surface area contributed by atoms with Gasteiger partial charge in [0.2, 0.25) is 0 Å². The highest BCUT2D eigenvalue weighted by atomic mass is 32.1. The number of thiazole rings is 1. The van der Waals surface area contributed by atoms with E-state index in [0.717, 1.165) is 16.0 Å². The van der Waals surface area contributed by atoms with Crippen molar-refractivity contribution in [2.45, 2.75) is 32.3 Å². The molecule has 1 unspecified atom stereocenters. The molecule has 104 valence electrons. The summed E-state index contributed by atoms with van der Waals surface area (Å²) in [5.41, 5.74) is 1.43. The molecule has 2 heterocycles. The molecule has 0 bridgehead atoms. The van der Waals surface area contributed by atoms with E-state index >= 15 is 0 Å². The van der Waals surface area contributed by atoms with E-state index in [1.165, 1.54) is 0 Å². The Morgan fingerprint density at radius 1 is 1.25 bits per heavy atom. The topological polar surface area (TPSA) is 46.3 Å². The predicted molar refractivity (Wildman–Crippen MR) is 81.1 cm³/mol. The highest BCUT2D eigenvalue weighted by Crippen LogP contribution is 2.32. The minimum absolute atomic E-state index is 0.00346. The number of aliphatic hydroxyl groups excluding tert-OH is 1. The van der Waals surface area contributed by atoms with Crippen molar-refractivity contribution >= 4 is 22.3 Å². The van der Waals surface area contributed by atoms with E-state index in [2.05, 4.69) is 25.8 Å². The molecule has 1 N–H and O–H groups in total. The number of fused-ring (bicyclic) bond motifs is 1. The summed E-state index contributed by atoms with van der Waals surface area (Å²) in [6.45, 7) is 6.34. The third-order valence-corrected chi connectivity index (χ3v) is 4.44. The molecule has 3 aromatic rings. The quantitative estimate of drug-likeness (QED) is 0.765. The van der Waals surface area contributed by atoms with Crippen LogP contribution >= 0.6 is 11.3 Å². The minimum atomic E-state index is -0.810. The molecule has 2 aromatic heterocycles. The Morgan fingerprint density at radius 3 is 2.65 bits per heavy atom. The Morgan fingerprint density at radius 2 is 2.00 bits per heavy atom. The molecule has 0 aliphatic carbocycles. The zero-order chi connectivity index (χ0) is 14.3. The second-order valence-electron chi connectivity index (χ2n) is 5.92.